The summed E-state index contributed by atoms with van der Waals surface area (Å²) in [6.45, 7) is 0. The van der Waals surface area contributed by atoms with E-state index in [4.69, 9.17) is 0 Å². The van der Waals surface area contributed by atoms with Gasteiger partial charge < -0.3 is 0 Å². The number of alkyl halides is 2. The Hall–Kier alpha value is -2.48. The fourth-order valence-corrected chi connectivity index (χ4v) is 2.34. The molecule has 116 valence electrons. The maximum Gasteiger partial charge on any atom is 0.341 e. The zero-order chi connectivity index (χ0) is 16.2. The lowest BCUT2D eigenvalue weighted by molar-refractivity contribution is 0.0962. The standard InChI is InChI=1S/C14H12F2N2O3S/c15-14(16)22(20,21)12-8-6-10(7-9-12)13(19)18-17-11-4-2-1-3-5-11/h1-9,14,17H,(H,18,19). The third kappa shape index (κ3) is 3.59. The summed E-state index contributed by atoms with van der Waals surface area (Å²) in [7, 11) is -4.66. The molecular formula is C14H12F2N2O3S. The normalized spacial score (nSPS) is 11.2. The predicted octanol–water partition coefficient (Wildman–Crippen LogP) is 2.44. The van der Waals surface area contributed by atoms with Gasteiger partial charge in [0.2, 0.25) is 9.84 Å². The Bertz CT molecular complexity index is 747. The number of benzene rings is 2. The second kappa shape index (κ2) is 6.52. The van der Waals surface area contributed by atoms with E-state index in [2.05, 4.69) is 10.9 Å². The fourth-order valence-electron chi connectivity index (χ4n) is 1.62. The molecule has 22 heavy (non-hydrogen) atoms. The molecule has 0 aliphatic heterocycles. The lowest BCUT2D eigenvalue weighted by Crippen LogP contribution is -2.29. The molecule has 0 heterocycles. The van der Waals surface area contributed by atoms with Crippen LogP contribution >= 0.6 is 0 Å². The van der Waals surface area contributed by atoms with Crippen molar-refractivity contribution in [2.75, 3.05) is 5.43 Å². The molecule has 0 atom stereocenters. The van der Waals surface area contributed by atoms with Gasteiger partial charge in [0, 0.05) is 5.56 Å². The summed E-state index contributed by atoms with van der Waals surface area (Å²) in [6, 6.07) is 13.1. The van der Waals surface area contributed by atoms with Crippen LogP contribution in [0.25, 0.3) is 0 Å². The minimum atomic E-state index is -4.66. The first kappa shape index (κ1) is 15.9. The van der Waals surface area contributed by atoms with Gasteiger partial charge in [-0.25, -0.2) is 8.42 Å². The average Bonchev–Trinajstić information content (AvgIpc) is 2.53. The van der Waals surface area contributed by atoms with Crippen LogP contribution in [0, 0.1) is 0 Å². The number of para-hydroxylation sites is 1. The molecule has 0 aliphatic rings. The number of amides is 1. The van der Waals surface area contributed by atoms with Crippen LogP contribution in [0.5, 0.6) is 0 Å². The molecule has 0 saturated carbocycles. The summed E-state index contributed by atoms with van der Waals surface area (Å²) in [4.78, 5) is 11.3. The van der Waals surface area contributed by atoms with E-state index in [-0.39, 0.29) is 5.56 Å². The van der Waals surface area contributed by atoms with Crippen molar-refractivity contribution >= 4 is 21.4 Å². The monoisotopic (exact) mass is 326 g/mol. The highest BCUT2D eigenvalue weighted by Crippen LogP contribution is 2.18. The van der Waals surface area contributed by atoms with Gasteiger partial charge in [0.15, 0.2) is 0 Å². The first-order valence-electron chi connectivity index (χ1n) is 6.15. The van der Waals surface area contributed by atoms with Crippen LogP contribution in [-0.2, 0) is 9.84 Å². The molecule has 0 fully saturated rings. The maximum absolute atomic E-state index is 12.4. The molecule has 8 heteroatoms. The number of carbonyl (C=O) groups excluding carboxylic acids is 1. The third-order valence-electron chi connectivity index (χ3n) is 2.77. The minimum absolute atomic E-state index is 0.136. The van der Waals surface area contributed by atoms with Gasteiger partial charge in [-0.3, -0.25) is 15.6 Å². The quantitative estimate of drug-likeness (QED) is 0.828. The molecule has 0 spiro atoms. The number of hydrazine groups is 1. The highest BCUT2D eigenvalue weighted by Gasteiger charge is 2.26. The minimum Gasteiger partial charge on any atom is -0.298 e. The number of carbonyl (C=O) groups is 1. The van der Waals surface area contributed by atoms with Crippen LogP contribution in [0.2, 0.25) is 0 Å². The molecule has 2 rings (SSSR count). The second-order valence-electron chi connectivity index (χ2n) is 4.28. The lowest BCUT2D eigenvalue weighted by atomic mass is 10.2. The number of hydrogen-bond acceptors (Lipinski definition) is 4. The molecular weight excluding hydrogens is 314 g/mol. The van der Waals surface area contributed by atoms with E-state index in [0.717, 1.165) is 24.3 Å². The van der Waals surface area contributed by atoms with E-state index in [1.807, 2.05) is 6.07 Å². The zero-order valence-corrected chi connectivity index (χ0v) is 12.0. The summed E-state index contributed by atoms with van der Waals surface area (Å²) in [6.07, 6.45) is 0. The highest BCUT2D eigenvalue weighted by molar-refractivity contribution is 7.91. The first-order valence-corrected chi connectivity index (χ1v) is 7.69. The van der Waals surface area contributed by atoms with Gasteiger partial charge >= 0.3 is 5.76 Å². The van der Waals surface area contributed by atoms with Crippen molar-refractivity contribution in [3.63, 3.8) is 0 Å². The molecule has 2 aromatic carbocycles. The molecule has 0 aliphatic carbocycles. The number of halogens is 2. The van der Waals surface area contributed by atoms with Crippen molar-refractivity contribution in [3.8, 4) is 0 Å². The second-order valence-corrected chi connectivity index (χ2v) is 6.19. The van der Waals surface area contributed by atoms with E-state index < -0.39 is 26.4 Å². The van der Waals surface area contributed by atoms with Crippen molar-refractivity contribution in [2.45, 2.75) is 10.7 Å². The van der Waals surface area contributed by atoms with Crippen LogP contribution in [0.4, 0.5) is 14.5 Å². The molecule has 0 unspecified atom stereocenters. The lowest BCUT2D eigenvalue weighted by Gasteiger charge is -2.09. The van der Waals surface area contributed by atoms with Crippen molar-refractivity contribution in [3.05, 3.63) is 60.2 Å². The maximum atomic E-state index is 12.4. The molecule has 0 bridgehead atoms. The smallest absolute Gasteiger partial charge is 0.298 e. The molecule has 2 N–H and O–H groups in total. The third-order valence-corrected chi connectivity index (χ3v) is 4.17. The number of sulfone groups is 1. The predicted molar refractivity (Wildman–Crippen MR) is 77.2 cm³/mol. The van der Waals surface area contributed by atoms with E-state index in [9.17, 15) is 22.0 Å². The molecule has 5 nitrogen and oxygen atoms in total. The van der Waals surface area contributed by atoms with E-state index in [0.29, 0.717) is 5.69 Å². The van der Waals surface area contributed by atoms with Crippen LogP contribution in [-0.4, -0.2) is 20.1 Å². The molecule has 2 aromatic rings. The van der Waals surface area contributed by atoms with Crippen LogP contribution in [0.1, 0.15) is 10.4 Å². The van der Waals surface area contributed by atoms with Gasteiger partial charge in [-0.1, -0.05) is 18.2 Å². The van der Waals surface area contributed by atoms with E-state index >= 15 is 0 Å². The van der Waals surface area contributed by atoms with Crippen molar-refractivity contribution in [1.29, 1.82) is 0 Å². The molecule has 0 radical (unpaired) electrons. The number of rotatable bonds is 5. The Kier molecular flexibility index (Phi) is 4.71. The van der Waals surface area contributed by atoms with Gasteiger partial charge in [0.1, 0.15) is 0 Å². The first-order chi connectivity index (χ1) is 10.4. The summed E-state index contributed by atoms with van der Waals surface area (Å²) in [5.41, 5.74) is 5.87. The van der Waals surface area contributed by atoms with Crippen LogP contribution < -0.4 is 10.9 Å². The largest absolute Gasteiger partial charge is 0.341 e. The van der Waals surface area contributed by atoms with Crippen molar-refractivity contribution in [2.24, 2.45) is 0 Å². The Morgan fingerprint density at radius 1 is 0.955 bits per heavy atom. The Morgan fingerprint density at radius 2 is 1.55 bits per heavy atom. The van der Waals surface area contributed by atoms with E-state index in [1.165, 1.54) is 0 Å². The molecule has 0 aromatic heterocycles. The number of hydrogen-bond donors (Lipinski definition) is 2. The van der Waals surface area contributed by atoms with Crippen molar-refractivity contribution < 1.29 is 22.0 Å². The summed E-state index contributed by atoms with van der Waals surface area (Å²) in [5, 5.41) is 0. The SMILES string of the molecule is O=C(NNc1ccccc1)c1ccc(S(=O)(=O)C(F)F)cc1. The van der Waals surface area contributed by atoms with Gasteiger partial charge in [0.25, 0.3) is 5.91 Å². The Morgan fingerprint density at radius 3 is 2.09 bits per heavy atom. The van der Waals surface area contributed by atoms with Gasteiger partial charge in [-0.05, 0) is 36.4 Å². The van der Waals surface area contributed by atoms with Crippen LogP contribution in [0.15, 0.2) is 59.5 Å². The topological polar surface area (TPSA) is 75.3 Å². The zero-order valence-electron chi connectivity index (χ0n) is 11.2. The Labute approximate surface area is 125 Å². The van der Waals surface area contributed by atoms with E-state index in [1.54, 1.807) is 24.3 Å². The molecule has 0 saturated heterocycles. The van der Waals surface area contributed by atoms with Gasteiger partial charge in [-0.2, -0.15) is 8.78 Å². The Balaban J connectivity index is 2.06. The van der Waals surface area contributed by atoms with Gasteiger partial charge in [-0.15, -0.1) is 0 Å². The van der Waals surface area contributed by atoms with Crippen LogP contribution in [0.3, 0.4) is 0 Å². The number of nitrogens with one attached hydrogen (secondary N) is 2. The molecule has 1 amide bonds. The summed E-state index contributed by atoms with van der Waals surface area (Å²) < 4.78 is 47.3. The van der Waals surface area contributed by atoms with Crippen molar-refractivity contribution in [1.82, 2.24) is 5.43 Å². The highest BCUT2D eigenvalue weighted by atomic mass is 32.2. The summed E-state index contributed by atoms with van der Waals surface area (Å²) >= 11 is 0. The van der Waals surface area contributed by atoms with Gasteiger partial charge in [0.05, 0.1) is 10.6 Å². The average molecular weight is 326 g/mol. The summed E-state index contributed by atoms with van der Waals surface area (Å²) in [5.74, 6) is -4.02. The fraction of sp³-hybridized carbons (Fsp3) is 0.0714. The number of anilines is 1.